The summed E-state index contributed by atoms with van der Waals surface area (Å²) in [5.41, 5.74) is 0. The van der Waals surface area contributed by atoms with Crippen LogP contribution in [0.2, 0.25) is 0 Å². The van der Waals surface area contributed by atoms with Gasteiger partial charge in [-0.05, 0) is 44.3 Å². The summed E-state index contributed by atoms with van der Waals surface area (Å²) < 4.78 is 29.4. The Labute approximate surface area is 150 Å². The Hall–Kier alpha value is -1.45. The molecule has 0 radical (unpaired) electrons. The minimum atomic E-state index is -3.50. The van der Waals surface area contributed by atoms with Crippen LogP contribution >= 0.6 is 0 Å². The number of hydrogen-bond acceptors (Lipinski definition) is 5. The summed E-state index contributed by atoms with van der Waals surface area (Å²) in [7, 11) is -3.50. The summed E-state index contributed by atoms with van der Waals surface area (Å²) in [6.07, 6.45) is 4.82. The number of aromatic nitrogens is 2. The standard InChI is InChI=1S/C15H28N4O2S.CH2O2/c1-4-9-19-15(7-8-16-19)22(20,21)17-12-14(13(2)3)18-10-5-6-11-18;2-1-3/h7-8,13-14,17H,4-6,9-12H2,1-3H3;1H,(H,2,3). The first-order chi connectivity index (χ1) is 11.9. The number of likely N-dealkylation sites (tertiary alicyclic amines) is 1. The molecule has 1 unspecified atom stereocenters. The van der Waals surface area contributed by atoms with E-state index in [4.69, 9.17) is 9.90 Å². The van der Waals surface area contributed by atoms with E-state index in [0.29, 0.717) is 19.0 Å². The molecule has 0 saturated carbocycles. The van der Waals surface area contributed by atoms with Crippen molar-refractivity contribution in [2.24, 2.45) is 5.92 Å². The second-order valence-electron chi connectivity index (χ2n) is 6.40. The Bertz CT molecular complexity index is 609. The van der Waals surface area contributed by atoms with Crippen LogP contribution in [0.15, 0.2) is 17.3 Å². The van der Waals surface area contributed by atoms with Crippen molar-refractivity contribution in [2.75, 3.05) is 19.6 Å². The molecule has 2 heterocycles. The van der Waals surface area contributed by atoms with Gasteiger partial charge in [-0.15, -0.1) is 0 Å². The SMILES string of the molecule is CCCn1nccc1S(=O)(=O)NCC(C(C)C)N1CCCC1.O=CO. The van der Waals surface area contributed by atoms with Gasteiger partial charge in [0.1, 0.15) is 0 Å². The summed E-state index contributed by atoms with van der Waals surface area (Å²) >= 11 is 0. The van der Waals surface area contributed by atoms with Gasteiger partial charge in [0.05, 0.1) is 6.20 Å². The van der Waals surface area contributed by atoms with E-state index in [-0.39, 0.29) is 17.5 Å². The highest BCUT2D eigenvalue weighted by Crippen LogP contribution is 2.18. The summed E-state index contributed by atoms with van der Waals surface area (Å²) in [5, 5.41) is 11.3. The van der Waals surface area contributed by atoms with E-state index in [1.807, 2.05) is 6.92 Å². The number of rotatable bonds is 8. The van der Waals surface area contributed by atoms with Crippen LogP contribution in [0.1, 0.15) is 40.0 Å². The predicted octanol–water partition coefficient (Wildman–Crippen LogP) is 1.39. The first kappa shape index (κ1) is 21.6. The van der Waals surface area contributed by atoms with E-state index in [2.05, 4.69) is 28.6 Å². The fourth-order valence-corrected chi connectivity index (χ4v) is 4.25. The number of carbonyl (C=O) groups is 1. The van der Waals surface area contributed by atoms with Gasteiger partial charge in [0.15, 0.2) is 5.03 Å². The molecule has 2 rings (SSSR count). The molecule has 0 aliphatic carbocycles. The van der Waals surface area contributed by atoms with Crippen molar-refractivity contribution in [1.82, 2.24) is 19.4 Å². The molecule has 9 heteroatoms. The van der Waals surface area contributed by atoms with Crippen LogP contribution in [0.3, 0.4) is 0 Å². The van der Waals surface area contributed by atoms with Gasteiger partial charge in [-0.3, -0.25) is 14.4 Å². The normalized spacial score (nSPS) is 16.5. The highest BCUT2D eigenvalue weighted by molar-refractivity contribution is 7.89. The molecule has 8 nitrogen and oxygen atoms in total. The quantitative estimate of drug-likeness (QED) is 0.666. The summed E-state index contributed by atoms with van der Waals surface area (Å²) in [5.74, 6) is 0.418. The Morgan fingerprint density at radius 3 is 2.48 bits per heavy atom. The van der Waals surface area contributed by atoms with Crippen molar-refractivity contribution in [2.45, 2.75) is 57.6 Å². The molecule has 2 N–H and O–H groups in total. The van der Waals surface area contributed by atoms with E-state index in [0.717, 1.165) is 19.5 Å². The summed E-state index contributed by atoms with van der Waals surface area (Å²) in [4.78, 5) is 10.8. The molecule has 1 saturated heterocycles. The molecule has 1 aliphatic heterocycles. The molecular formula is C16H30N4O4S. The lowest BCUT2D eigenvalue weighted by Crippen LogP contribution is -2.45. The van der Waals surface area contributed by atoms with Crippen LogP contribution in [-0.2, 0) is 21.4 Å². The highest BCUT2D eigenvalue weighted by Gasteiger charge is 2.27. The van der Waals surface area contributed by atoms with Gasteiger partial charge in [0.25, 0.3) is 16.5 Å². The van der Waals surface area contributed by atoms with Crippen molar-refractivity contribution < 1.29 is 18.3 Å². The molecule has 1 aliphatic rings. The number of sulfonamides is 1. The van der Waals surface area contributed by atoms with E-state index in [1.165, 1.54) is 12.8 Å². The van der Waals surface area contributed by atoms with E-state index < -0.39 is 10.0 Å². The van der Waals surface area contributed by atoms with Gasteiger partial charge in [0, 0.05) is 19.1 Å². The largest absolute Gasteiger partial charge is 0.483 e. The Kier molecular flexibility index (Phi) is 9.09. The zero-order valence-corrected chi connectivity index (χ0v) is 16.1. The molecule has 1 aromatic heterocycles. The lowest BCUT2D eigenvalue weighted by molar-refractivity contribution is -0.122. The van der Waals surface area contributed by atoms with Crippen LogP contribution in [0.5, 0.6) is 0 Å². The number of nitrogens with one attached hydrogen (secondary N) is 1. The number of carboxylic acid groups (broad SMARTS) is 1. The minimum absolute atomic E-state index is 0.250. The van der Waals surface area contributed by atoms with Crippen LogP contribution in [0.25, 0.3) is 0 Å². The first-order valence-electron chi connectivity index (χ1n) is 8.70. The van der Waals surface area contributed by atoms with Gasteiger partial charge in [-0.25, -0.2) is 13.1 Å². The van der Waals surface area contributed by atoms with Gasteiger partial charge in [0.2, 0.25) is 0 Å². The zero-order valence-electron chi connectivity index (χ0n) is 15.3. The van der Waals surface area contributed by atoms with E-state index in [1.54, 1.807) is 16.9 Å². The van der Waals surface area contributed by atoms with Crippen molar-refractivity contribution in [3.8, 4) is 0 Å². The Morgan fingerprint density at radius 2 is 1.96 bits per heavy atom. The van der Waals surface area contributed by atoms with Crippen LogP contribution in [0.4, 0.5) is 0 Å². The highest BCUT2D eigenvalue weighted by atomic mass is 32.2. The second kappa shape index (κ2) is 10.5. The predicted molar refractivity (Wildman–Crippen MR) is 95.8 cm³/mol. The third-order valence-corrected chi connectivity index (χ3v) is 5.69. The number of aryl methyl sites for hydroxylation is 1. The smallest absolute Gasteiger partial charge is 0.290 e. The minimum Gasteiger partial charge on any atom is -0.483 e. The Balaban J connectivity index is 0.000000970. The number of hydrogen-bond donors (Lipinski definition) is 2. The van der Waals surface area contributed by atoms with Crippen molar-refractivity contribution >= 4 is 16.5 Å². The zero-order chi connectivity index (χ0) is 18.9. The second-order valence-corrected chi connectivity index (χ2v) is 8.12. The molecule has 144 valence electrons. The van der Waals surface area contributed by atoms with Gasteiger partial charge in [-0.1, -0.05) is 20.8 Å². The topological polar surface area (TPSA) is 105 Å². The monoisotopic (exact) mass is 374 g/mol. The third kappa shape index (κ3) is 6.41. The fourth-order valence-electron chi connectivity index (χ4n) is 3.06. The lowest BCUT2D eigenvalue weighted by Gasteiger charge is -2.30. The van der Waals surface area contributed by atoms with Crippen molar-refractivity contribution in [1.29, 1.82) is 0 Å². The molecule has 0 amide bonds. The molecule has 1 aromatic rings. The maximum absolute atomic E-state index is 12.5. The van der Waals surface area contributed by atoms with Gasteiger partial charge < -0.3 is 5.11 Å². The molecular weight excluding hydrogens is 344 g/mol. The maximum atomic E-state index is 12.5. The molecule has 0 bridgehead atoms. The van der Waals surface area contributed by atoms with Gasteiger partial charge >= 0.3 is 0 Å². The average molecular weight is 375 g/mol. The van der Waals surface area contributed by atoms with Crippen LogP contribution in [0, 0.1) is 5.92 Å². The summed E-state index contributed by atoms with van der Waals surface area (Å²) in [6, 6.07) is 1.82. The van der Waals surface area contributed by atoms with E-state index >= 15 is 0 Å². The maximum Gasteiger partial charge on any atom is 0.290 e. The summed E-state index contributed by atoms with van der Waals surface area (Å²) in [6.45, 7) is 9.27. The van der Waals surface area contributed by atoms with Crippen molar-refractivity contribution in [3.63, 3.8) is 0 Å². The lowest BCUT2D eigenvalue weighted by atomic mass is 10.0. The fraction of sp³-hybridized carbons (Fsp3) is 0.750. The first-order valence-corrected chi connectivity index (χ1v) is 10.2. The Morgan fingerprint density at radius 1 is 1.36 bits per heavy atom. The molecule has 0 spiro atoms. The molecule has 1 atom stereocenters. The average Bonchev–Trinajstić information content (AvgIpc) is 3.20. The molecule has 0 aromatic carbocycles. The number of nitrogens with zero attached hydrogens (tertiary/aromatic N) is 3. The molecule has 25 heavy (non-hydrogen) atoms. The van der Waals surface area contributed by atoms with E-state index in [9.17, 15) is 8.42 Å². The third-order valence-electron chi connectivity index (χ3n) is 4.25. The van der Waals surface area contributed by atoms with Crippen LogP contribution in [-0.4, -0.2) is 60.4 Å². The molecule has 1 fully saturated rings. The van der Waals surface area contributed by atoms with Crippen molar-refractivity contribution in [3.05, 3.63) is 12.3 Å². The van der Waals surface area contributed by atoms with Crippen LogP contribution < -0.4 is 4.72 Å². The van der Waals surface area contributed by atoms with Gasteiger partial charge in [-0.2, -0.15) is 5.10 Å².